The van der Waals surface area contributed by atoms with Gasteiger partial charge in [0.15, 0.2) is 0 Å². The Labute approximate surface area is 150 Å². The maximum absolute atomic E-state index is 12.1. The minimum absolute atomic E-state index is 0.0423. The average Bonchev–Trinajstić information content (AvgIpc) is 2.63. The van der Waals surface area contributed by atoms with E-state index in [4.69, 9.17) is 9.47 Å². The molecule has 1 N–H and O–H groups in total. The fraction of sp³-hybridized carbons (Fsp3) is 0.316. The molecule has 0 aliphatic rings. The Hall–Kier alpha value is -2.67. The van der Waals surface area contributed by atoms with E-state index in [1.807, 2.05) is 30.3 Å². The summed E-state index contributed by atoms with van der Waals surface area (Å²) < 4.78 is 39.1. The van der Waals surface area contributed by atoms with Crippen molar-refractivity contribution >= 4 is 5.91 Å². The van der Waals surface area contributed by atoms with Crippen LogP contribution >= 0.6 is 0 Å². The maximum Gasteiger partial charge on any atom is 0.387 e. The SMILES string of the molecule is O=C(COCCOc1ccccc1)NCCc1ccc(OC(F)F)cc1. The molecule has 0 radical (unpaired) electrons. The number of amides is 1. The molecular weight excluding hydrogens is 344 g/mol. The lowest BCUT2D eigenvalue weighted by Gasteiger charge is -2.08. The zero-order valence-electron chi connectivity index (χ0n) is 14.2. The van der Waals surface area contributed by atoms with Crippen LogP contribution in [0.25, 0.3) is 0 Å². The van der Waals surface area contributed by atoms with Gasteiger partial charge in [-0.2, -0.15) is 8.78 Å². The van der Waals surface area contributed by atoms with Crippen molar-refractivity contribution in [3.63, 3.8) is 0 Å². The third-order valence-corrected chi connectivity index (χ3v) is 3.36. The summed E-state index contributed by atoms with van der Waals surface area (Å²) in [5.41, 5.74) is 0.907. The molecule has 2 aromatic rings. The van der Waals surface area contributed by atoms with Crippen LogP contribution in [0.5, 0.6) is 11.5 Å². The van der Waals surface area contributed by atoms with Crippen LogP contribution in [0.3, 0.4) is 0 Å². The summed E-state index contributed by atoms with van der Waals surface area (Å²) in [6.45, 7) is -1.77. The first kappa shape index (κ1) is 19.7. The first-order chi connectivity index (χ1) is 12.6. The molecule has 0 aliphatic heterocycles. The molecule has 26 heavy (non-hydrogen) atoms. The molecule has 0 atom stereocenters. The maximum atomic E-state index is 12.1. The number of hydrogen-bond donors (Lipinski definition) is 1. The van der Waals surface area contributed by atoms with Gasteiger partial charge in [-0.15, -0.1) is 0 Å². The van der Waals surface area contributed by atoms with Crippen LogP contribution in [0.1, 0.15) is 5.56 Å². The summed E-state index contributed by atoms with van der Waals surface area (Å²) in [5, 5.41) is 2.73. The zero-order chi connectivity index (χ0) is 18.6. The molecule has 0 saturated heterocycles. The summed E-state index contributed by atoms with van der Waals surface area (Å²) in [5.74, 6) is 0.645. The molecule has 140 valence electrons. The van der Waals surface area contributed by atoms with Gasteiger partial charge in [0.25, 0.3) is 0 Å². The fourth-order valence-corrected chi connectivity index (χ4v) is 2.13. The van der Waals surface area contributed by atoms with E-state index in [0.717, 1.165) is 11.3 Å². The monoisotopic (exact) mass is 365 g/mol. The summed E-state index contributed by atoms with van der Waals surface area (Å²) in [7, 11) is 0. The van der Waals surface area contributed by atoms with E-state index < -0.39 is 6.61 Å². The predicted molar refractivity (Wildman–Crippen MR) is 92.5 cm³/mol. The van der Waals surface area contributed by atoms with Crippen molar-refractivity contribution in [1.82, 2.24) is 5.32 Å². The van der Waals surface area contributed by atoms with Gasteiger partial charge in [-0.05, 0) is 36.2 Å². The van der Waals surface area contributed by atoms with Gasteiger partial charge in [0, 0.05) is 6.54 Å². The summed E-state index contributed by atoms with van der Waals surface area (Å²) in [6, 6.07) is 15.7. The van der Waals surface area contributed by atoms with Gasteiger partial charge in [-0.3, -0.25) is 4.79 Å². The first-order valence-corrected chi connectivity index (χ1v) is 8.19. The van der Waals surface area contributed by atoms with Gasteiger partial charge < -0.3 is 19.5 Å². The van der Waals surface area contributed by atoms with E-state index in [9.17, 15) is 13.6 Å². The third kappa shape index (κ3) is 7.94. The number of ether oxygens (including phenoxy) is 3. The number of alkyl halides is 2. The van der Waals surface area contributed by atoms with Crippen molar-refractivity contribution in [3.05, 3.63) is 60.2 Å². The Morgan fingerprint density at radius 2 is 1.69 bits per heavy atom. The molecule has 2 rings (SSSR count). The Kier molecular flexibility index (Phi) is 8.35. The van der Waals surface area contributed by atoms with Gasteiger partial charge in [-0.1, -0.05) is 30.3 Å². The van der Waals surface area contributed by atoms with Crippen LogP contribution in [0, 0.1) is 0 Å². The topological polar surface area (TPSA) is 56.8 Å². The van der Waals surface area contributed by atoms with Gasteiger partial charge >= 0.3 is 6.61 Å². The van der Waals surface area contributed by atoms with Crippen molar-refractivity contribution in [2.75, 3.05) is 26.4 Å². The first-order valence-electron chi connectivity index (χ1n) is 8.19. The third-order valence-electron chi connectivity index (χ3n) is 3.36. The van der Waals surface area contributed by atoms with Crippen molar-refractivity contribution in [3.8, 4) is 11.5 Å². The van der Waals surface area contributed by atoms with E-state index in [1.54, 1.807) is 12.1 Å². The van der Waals surface area contributed by atoms with Crippen LogP contribution in [-0.2, 0) is 16.0 Å². The van der Waals surface area contributed by atoms with Gasteiger partial charge in [-0.25, -0.2) is 0 Å². The highest BCUT2D eigenvalue weighted by Gasteiger charge is 2.04. The lowest BCUT2D eigenvalue weighted by atomic mass is 10.1. The number of hydrogen-bond acceptors (Lipinski definition) is 4. The molecule has 0 heterocycles. The fourth-order valence-electron chi connectivity index (χ4n) is 2.13. The number of carbonyl (C=O) groups excluding carboxylic acids is 1. The van der Waals surface area contributed by atoms with E-state index in [2.05, 4.69) is 10.1 Å². The smallest absolute Gasteiger partial charge is 0.387 e. The lowest BCUT2D eigenvalue weighted by Crippen LogP contribution is -2.30. The molecule has 0 aromatic heterocycles. The number of nitrogens with one attached hydrogen (secondary N) is 1. The molecule has 0 fully saturated rings. The summed E-state index contributed by atoms with van der Waals surface area (Å²) in [6.07, 6.45) is 0.581. The lowest BCUT2D eigenvalue weighted by molar-refractivity contribution is -0.125. The highest BCUT2D eigenvalue weighted by molar-refractivity contribution is 5.77. The molecule has 2 aromatic carbocycles. The predicted octanol–water partition coefficient (Wildman–Crippen LogP) is 3.04. The molecule has 0 aliphatic carbocycles. The molecule has 5 nitrogen and oxygen atoms in total. The molecule has 1 amide bonds. The Morgan fingerprint density at radius 1 is 0.962 bits per heavy atom. The van der Waals surface area contributed by atoms with Crippen LogP contribution in [0.15, 0.2) is 54.6 Å². The van der Waals surface area contributed by atoms with E-state index in [-0.39, 0.29) is 18.3 Å². The van der Waals surface area contributed by atoms with E-state index in [1.165, 1.54) is 12.1 Å². The van der Waals surface area contributed by atoms with Crippen LogP contribution in [0.2, 0.25) is 0 Å². The molecular formula is C19H21F2NO4. The number of para-hydroxylation sites is 1. The minimum Gasteiger partial charge on any atom is -0.491 e. The quantitative estimate of drug-likeness (QED) is 0.622. The molecule has 0 unspecified atom stereocenters. The largest absolute Gasteiger partial charge is 0.491 e. The van der Waals surface area contributed by atoms with Crippen molar-refractivity contribution in [2.24, 2.45) is 0 Å². The minimum atomic E-state index is -2.83. The molecule has 0 spiro atoms. The van der Waals surface area contributed by atoms with Gasteiger partial charge in [0.2, 0.25) is 5.91 Å². The van der Waals surface area contributed by atoms with Crippen molar-refractivity contribution in [1.29, 1.82) is 0 Å². The second-order valence-corrected chi connectivity index (χ2v) is 5.34. The number of rotatable bonds is 11. The van der Waals surface area contributed by atoms with Crippen LogP contribution < -0.4 is 14.8 Å². The second kappa shape index (κ2) is 11.0. The zero-order valence-corrected chi connectivity index (χ0v) is 14.2. The Morgan fingerprint density at radius 3 is 2.38 bits per heavy atom. The van der Waals surface area contributed by atoms with E-state index in [0.29, 0.717) is 26.2 Å². The van der Waals surface area contributed by atoms with Crippen LogP contribution in [0.4, 0.5) is 8.78 Å². The molecule has 0 saturated carbocycles. The van der Waals surface area contributed by atoms with Crippen molar-refractivity contribution in [2.45, 2.75) is 13.0 Å². The van der Waals surface area contributed by atoms with E-state index >= 15 is 0 Å². The summed E-state index contributed by atoms with van der Waals surface area (Å²) in [4.78, 5) is 11.7. The van der Waals surface area contributed by atoms with Gasteiger partial charge in [0.05, 0.1) is 6.61 Å². The number of benzene rings is 2. The highest BCUT2D eigenvalue weighted by atomic mass is 19.3. The number of carbonyl (C=O) groups is 1. The summed E-state index contributed by atoms with van der Waals surface area (Å²) >= 11 is 0. The Balaban J connectivity index is 1.53. The Bertz CT molecular complexity index is 650. The van der Waals surface area contributed by atoms with Gasteiger partial charge in [0.1, 0.15) is 24.7 Å². The van der Waals surface area contributed by atoms with Crippen molar-refractivity contribution < 1.29 is 27.8 Å². The molecule has 0 bridgehead atoms. The standard InChI is InChI=1S/C19H21F2NO4/c20-19(21)26-17-8-6-15(7-9-17)10-11-22-18(23)14-24-12-13-25-16-4-2-1-3-5-16/h1-9,19H,10-14H2,(H,22,23). The highest BCUT2D eigenvalue weighted by Crippen LogP contribution is 2.15. The average molecular weight is 365 g/mol. The van der Waals surface area contributed by atoms with Crippen LogP contribution in [-0.4, -0.2) is 38.9 Å². The molecule has 7 heteroatoms. The second-order valence-electron chi connectivity index (χ2n) is 5.34. The normalized spacial score (nSPS) is 10.6. The number of halogens is 2.